The van der Waals surface area contributed by atoms with E-state index in [2.05, 4.69) is 26.0 Å². The highest BCUT2D eigenvalue weighted by molar-refractivity contribution is 9.10. The third kappa shape index (κ3) is 1.92. The van der Waals surface area contributed by atoms with Gasteiger partial charge in [-0.2, -0.15) is 5.10 Å². The van der Waals surface area contributed by atoms with Crippen LogP contribution in [0.4, 0.5) is 0 Å². The first-order valence-electron chi connectivity index (χ1n) is 4.42. The number of aromatic nitrogens is 3. The summed E-state index contributed by atoms with van der Waals surface area (Å²) in [6.45, 7) is 3.88. The zero-order valence-electron chi connectivity index (χ0n) is 8.33. The molecule has 3 nitrogen and oxygen atoms in total. The number of rotatable bonds is 1. The molecule has 0 spiro atoms. The van der Waals surface area contributed by atoms with E-state index in [9.17, 15) is 0 Å². The van der Waals surface area contributed by atoms with E-state index in [4.69, 9.17) is 11.6 Å². The van der Waals surface area contributed by atoms with Gasteiger partial charge in [0.25, 0.3) is 0 Å². The van der Waals surface area contributed by atoms with Crippen molar-refractivity contribution in [2.75, 3.05) is 0 Å². The number of pyridine rings is 1. The van der Waals surface area contributed by atoms with Gasteiger partial charge >= 0.3 is 0 Å². The molecule has 0 amide bonds. The molecule has 78 valence electrons. The van der Waals surface area contributed by atoms with E-state index in [1.807, 2.05) is 19.9 Å². The Hall–Kier alpha value is -0.870. The quantitative estimate of drug-likeness (QED) is 0.805. The van der Waals surface area contributed by atoms with E-state index in [1.165, 1.54) is 0 Å². The minimum Gasteiger partial charge on any atom is -0.261 e. The molecule has 0 N–H and O–H groups in total. The van der Waals surface area contributed by atoms with Crippen LogP contribution < -0.4 is 0 Å². The molecule has 2 heterocycles. The van der Waals surface area contributed by atoms with Crippen LogP contribution in [0.5, 0.6) is 0 Å². The Morgan fingerprint density at radius 1 is 1.33 bits per heavy atom. The summed E-state index contributed by atoms with van der Waals surface area (Å²) in [7, 11) is 0. The zero-order chi connectivity index (χ0) is 11.0. The predicted molar refractivity (Wildman–Crippen MR) is 63.5 cm³/mol. The van der Waals surface area contributed by atoms with Crippen molar-refractivity contribution >= 4 is 27.5 Å². The first-order chi connectivity index (χ1) is 7.09. The molecule has 0 aliphatic heterocycles. The van der Waals surface area contributed by atoms with Gasteiger partial charge in [0.05, 0.1) is 17.6 Å². The molecule has 0 aromatic carbocycles. The molecule has 0 unspecified atom stereocenters. The van der Waals surface area contributed by atoms with Crippen molar-refractivity contribution in [2.24, 2.45) is 0 Å². The lowest BCUT2D eigenvalue weighted by atomic mass is 10.3. The Morgan fingerprint density at radius 3 is 2.60 bits per heavy atom. The maximum atomic E-state index is 6.16. The molecular weight excluding hydrogens is 277 g/mol. The Kier molecular flexibility index (Phi) is 2.80. The second-order valence-electron chi connectivity index (χ2n) is 3.27. The Labute approximate surface area is 101 Å². The molecule has 2 aromatic heterocycles. The minimum absolute atomic E-state index is 0.632. The third-order valence-corrected chi connectivity index (χ3v) is 3.10. The van der Waals surface area contributed by atoms with Crippen molar-refractivity contribution in [3.05, 3.63) is 39.3 Å². The van der Waals surface area contributed by atoms with Gasteiger partial charge in [0.15, 0.2) is 0 Å². The molecular formula is C10H9BrClN3. The summed E-state index contributed by atoms with van der Waals surface area (Å²) < 4.78 is 2.59. The van der Waals surface area contributed by atoms with Crippen molar-refractivity contribution in [3.63, 3.8) is 0 Å². The maximum absolute atomic E-state index is 6.16. The summed E-state index contributed by atoms with van der Waals surface area (Å²) in [5.74, 6) is 0. The molecule has 2 rings (SSSR count). The normalized spacial score (nSPS) is 10.7. The van der Waals surface area contributed by atoms with E-state index >= 15 is 0 Å². The van der Waals surface area contributed by atoms with Crippen molar-refractivity contribution in [1.82, 2.24) is 14.8 Å². The largest absolute Gasteiger partial charge is 0.261 e. The molecule has 0 saturated heterocycles. The summed E-state index contributed by atoms with van der Waals surface area (Å²) in [5.41, 5.74) is 2.78. The molecule has 0 radical (unpaired) electrons. The van der Waals surface area contributed by atoms with Gasteiger partial charge in [-0.15, -0.1) is 0 Å². The number of hydrogen-bond acceptors (Lipinski definition) is 2. The Bertz CT molecular complexity index is 507. The molecule has 15 heavy (non-hydrogen) atoms. The Morgan fingerprint density at radius 2 is 2.07 bits per heavy atom. The van der Waals surface area contributed by atoms with E-state index in [1.54, 1.807) is 17.1 Å². The highest BCUT2D eigenvalue weighted by atomic mass is 79.9. The molecule has 0 aliphatic rings. The highest BCUT2D eigenvalue weighted by Gasteiger charge is 2.10. The summed E-state index contributed by atoms with van der Waals surface area (Å²) in [4.78, 5) is 4.07. The molecule has 0 fully saturated rings. The van der Waals surface area contributed by atoms with Crippen LogP contribution in [0.15, 0.2) is 22.9 Å². The van der Waals surface area contributed by atoms with Gasteiger partial charge in [-0.3, -0.25) is 4.98 Å². The third-order valence-electron chi connectivity index (χ3n) is 2.22. The topological polar surface area (TPSA) is 30.7 Å². The fourth-order valence-electron chi connectivity index (χ4n) is 1.26. The molecule has 0 atom stereocenters. The fraction of sp³-hybridized carbons (Fsp3) is 0.200. The second kappa shape index (κ2) is 3.94. The first-order valence-corrected chi connectivity index (χ1v) is 5.59. The smallest absolute Gasteiger partial charge is 0.136 e. The van der Waals surface area contributed by atoms with E-state index in [0.717, 1.165) is 21.4 Å². The van der Waals surface area contributed by atoms with Crippen molar-refractivity contribution in [3.8, 4) is 5.69 Å². The number of aryl methyl sites for hydroxylation is 1. The van der Waals surface area contributed by atoms with Crippen LogP contribution in [0.2, 0.25) is 5.15 Å². The fourth-order valence-corrected chi connectivity index (χ4v) is 1.89. The van der Waals surface area contributed by atoms with Crippen LogP contribution in [-0.2, 0) is 0 Å². The second-order valence-corrected chi connectivity index (χ2v) is 4.55. The molecule has 5 heteroatoms. The first kappa shape index (κ1) is 10.6. The van der Waals surface area contributed by atoms with Crippen LogP contribution in [0.3, 0.4) is 0 Å². The molecule has 0 aliphatic carbocycles. The average Bonchev–Trinajstić information content (AvgIpc) is 2.46. The van der Waals surface area contributed by atoms with Crippen LogP contribution in [-0.4, -0.2) is 14.8 Å². The lowest BCUT2D eigenvalue weighted by molar-refractivity contribution is 0.856. The summed E-state index contributed by atoms with van der Waals surface area (Å²) >= 11 is 9.52. The van der Waals surface area contributed by atoms with Gasteiger partial charge in [0, 0.05) is 16.2 Å². The summed E-state index contributed by atoms with van der Waals surface area (Å²) in [5, 5.41) is 4.98. The van der Waals surface area contributed by atoms with Crippen LogP contribution in [0.25, 0.3) is 5.69 Å². The maximum Gasteiger partial charge on any atom is 0.136 e. The van der Waals surface area contributed by atoms with E-state index < -0.39 is 0 Å². The SMILES string of the molecule is Cc1nn(-c2cncc(Br)c2)c(Cl)c1C. The van der Waals surface area contributed by atoms with Gasteiger partial charge in [-0.05, 0) is 35.8 Å². The van der Waals surface area contributed by atoms with Crippen molar-refractivity contribution in [2.45, 2.75) is 13.8 Å². The standard InChI is InChI=1S/C10H9BrClN3/c1-6-7(2)14-15(10(6)12)9-3-8(11)4-13-5-9/h3-5H,1-2H3. The number of hydrogen-bond donors (Lipinski definition) is 0. The van der Waals surface area contributed by atoms with E-state index in [0.29, 0.717) is 5.15 Å². The minimum atomic E-state index is 0.632. The number of nitrogens with zero attached hydrogens (tertiary/aromatic N) is 3. The van der Waals surface area contributed by atoms with Crippen LogP contribution in [0, 0.1) is 13.8 Å². The summed E-state index contributed by atoms with van der Waals surface area (Å²) in [6, 6.07) is 1.92. The van der Waals surface area contributed by atoms with Crippen LogP contribution >= 0.6 is 27.5 Å². The Balaban J connectivity index is 2.59. The zero-order valence-corrected chi connectivity index (χ0v) is 10.7. The summed E-state index contributed by atoms with van der Waals surface area (Å²) in [6.07, 6.45) is 3.45. The van der Waals surface area contributed by atoms with Crippen molar-refractivity contribution in [1.29, 1.82) is 0 Å². The van der Waals surface area contributed by atoms with Crippen LogP contribution in [0.1, 0.15) is 11.3 Å². The monoisotopic (exact) mass is 285 g/mol. The lowest BCUT2D eigenvalue weighted by Gasteiger charge is -2.02. The lowest BCUT2D eigenvalue weighted by Crippen LogP contribution is -1.97. The van der Waals surface area contributed by atoms with Gasteiger partial charge in [0.2, 0.25) is 0 Å². The van der Waals surface area contributed by atoms with Crippen molar-refractivity contribution < 1.29 is 0 Å². The predicted octanol–water partition coefficient (Wildman–Crippen LogP) is 3.30. The highest BCUT2D eigenvalue weighted by Crippen LogP contribution is 2.23. The average molecular weight is 287 g/mol. The van der Waals surface area contributed by atoms with E-state index in [-0.39, 0.29) is 0 Å². The van der Waals surface area contributed by atoms with Gasteiger partial charge < -0.3 is 0 Å². The molecule has 0 bridgehead atoms. The molecule has 2 aromatic rings. The van der Waals surface area contributed by atoms with Gasteiger partial charge in [0.1, 0.15) is 5.15 Å². The molecule has 0 saturated carbocycles. The van der Waals surface area contributed by atoms with Gasteiger partial charge in [-0.25, -0.2) is 4.68 Å². The van der Waals surface area contributed by atoms with Gasteiger partial charge in [-0.1, -0.05) is 11.6 Å². The number of halogens is 2.